The molecule has 3 aromatic carbocycles. The van der Waals surface area contributed by atoms with E-state index in [0.29, 0.717) is 18.0 Å². The molecule has 0 saturated heterocycles. The average molecular weight is 384 g/mol. The first-order valence-corrected chi connectivity index (χ1v) is 9.35. The molecule has 0 aliphatic carbocycles. The Labute approximate surface area is 168 Å². The number of rotatable bonds is 6. The molecule has 1 aromatic heterocycles. The fourth-order valence-electron chi connectivity index (χ4n) is 3.12. The summed E-state index contributed by atoms with van der Waals surface area (Å²) in [6.07, 6.45) is 1.64. The first-order chi connectivity index (χ1) is 14.3. The molecule has 0 fully saturated rings. The lowest BCUT2D eigenvalue weighted by Gasteiger charge is -2.07. The van der Waals surface area contributed by atoms with E-state index < -0.39 is 0 Å². The number of fused-ring (bicyclic) bond motifs is 1. The zero-order valence-electron chi connectivity index (χ0n) is 15.9. The Morgan fingerprint density at radius 1 is 1.10 bits per heavy atom. The van der Waals surface area contributed by atoms with Crippen LogP contribution in [-0.4, -0.2) is 28.9 Å². The van der Waals surface area contributed by atoms with Crippen LogP contribution in [0.3, 0.4) is 0 Å². The number of hydrogen-bond donors (Lipinski definition) is 2. The third-order valence-electron chi connectivity index (χ3n) is 4.48. The Morgan fingerprint density at radius 3 is 2.79 bits per heavy atom. The Kier molecular flexibility index (Phi) is 5.33. The van der Waals surface area contributed by atoms with Gasteiger partial charge in [0.15, 0.2) is 0 Å². The monoisotopic (exact) mass is 384 g/mol. The number of ether oxygens (including phenoxy) is 1. The topological polar surface area (TPSA) is 79.4 Å². The van der Waals surface area contributed by atoms with E-state index in [9.17, 15) is 4.79 Å². The van der Waals surface area contributed by atoms with Crippen molar-refractivity contribution >= 4 is 22.9 Å². The molecule has 0 atom stereocenters. The molecule has 0 radical (unpaired) electrons. The van der Waals surface area contributed by atoms with Crippen LogP contribution in [0.2, 0.25) is 0 Å². The summed E-state index contributed by atoms with van der Waals surface area (Å²) < 4.78 is 5.63. The van der Waals surface area contributed by atoms with E-state index in [1.165, 1.54) is 0 Å². The van der Waals surface area contributed by atoms with Gasteiger partial charge in [0, 0.05) is 11.1 Å². The lowest BCUT2D eigenvalue weighted by molar-refractivity contribution is 0.0950. The highest BCUT2D eigenvalue weighted by Gasteiger charge is 2.13. The van der Waals surface area contributed by atoms with Crippen LogP contribution in [0.1, 0.15) is 23.0 Å². The van der Waals surface area contributed by atoms with Gasteiger partial charge in [-0.05, 0) is 35.9 Å². The van der Waals surface area contributed by atoms with Gasteiger partial charge in [-0.15, -0.1) is 0 Å². The number of carbonyl (C=O) groups excluding carboxylic acids is 1. The quantitative estimate of drug-likeness (QED) is 0.382. The van der Waals surface area contributed by atoms with Crippen molar-refractivity contribution in [3.8, 4) is 17.0 Å². The summed E-state index contributed by atoms with van der Waals surface area (Å²) >= 11 is 0. The molecule has 2 N–H and O–H groups in total. The zero-order valence-corrected chi connectivity index (χ0v) is 15.9. The van der Waals surface area contributed by atoms with Gasteiger partial charge in [-0.1, -0.05) is 54.6 Å². The van der Waals surface area contributed by atoms with Crippen LogP contribution in [-0.2, 0) is 0 Å². The molecule has 0 aliphatic rings. The smallest absolute Gasteiger partial charge is 0.289 e. The first kappa shape index (κ1) is 18.4. The summed E-state index contributed by atoms with van der Waals surface area (Å²) in [5, 5.41) is 13.3. The van der Waals surface area contributed by atoms with E-state index in [4.69, 9.17) is 4.74 Å². The predicted molar refractivity (Wildman–Crippen MR) is 114 cm³/mol. The number of benzene rings is 3. The highest BCUT2D eigenvalue weighted by atomic mass is 16.5. The minimum absolute atomic E-state index is 0.321. The van der Waals surface area contributed by atoms with Crippen LogP contribution in [0.5, 0.6) is 5.75 Å². The van der Waals surface area contributed by atoms with Gasteiger partial charge in [0.25, 0.3) is 5.91 Å². The number of amides is 1. The Morgan fingerprint density at radius 2 is 1.90 bits per heavy atom. The van der Waals surface area contributed by atoms with Gasteiger partial charge < -0.3 is 4.74 Å². The molecule has 0 unspecified atom stereocenters. The Bertz CT molecular complexity index is 1170. The molecule has 0 saturated carbocycles. The predicted octanol–water partition coefficient (Wildman–Crippen LogP) is 4.39. The third kappa shape index (κ3) is 4.01. The maximum absolute atomic E-state index is 12.4. The van der Waals surface area contributed by atoms with Crippen LogP contribution in [0.4, 0.5) is 0 Å². The van der Waals surface area contributed by atoms with Crippen LogP contribution in [0, 0.1) is 0 Å². The number of aromatic amines is 1. The Hall–Kier alpha value is -3.93. The molecular weight excluding hydrogens is 364 g/mol. The highest BCUT2D eigenvalue weighted by Crippen LogP contribution is 2.28. The van der Waals surface area contributed by atoms with Gasteiger partial charge in [-0.2, -0.15) is 10.2 Å². The van der Waals surface area contributed by atoms with E-state index in [-0.39, 0.29) is 5.91 Å². The summed E-state index contributed by atoms with van der Waals surface area (Å²) in [6, 6.07) is 23.3. The number of aromatic nitrogens is 2. The van der Waals surface area contributed by atoms with Crippen molar-refractivity contribution in [1.29, 1.82) is 0 Å². The largest absolute Gasteiger partial charge is 0.493 e. The molecule has 1 amide bonds. The molecule has 0 aliphatic heterocycles. The first-order valence-electron chi connectivity index (χ1n) is 9.35. The van der Waals surface area contributed by atoms with Crippen molar-refractivity contribution in [2.24, 2.45) is 5.10 Å². The number of hydrazone groups is 1. The zero-order chi connectivity index (χ0) is 20.1. The Balaban J connectivity index is 1.49. The molecule has 6 nitrogen and oxygen atoms in total. The van der Waals surface area contributed by atoms with E-state index >= 15 is 0 Å². The lowest BCUT2D eigenvalue weighted by Crippen LogP contribution is -2.18. The van der Waals surface area contributed by atoms with Gasteiger partial charge >= 0.3 is 0 Å². The molecule has 4 aromatic rings. The molecule has 144 valence electrons. The second kappa shape index (κ2) is 8.39. The molecule has 29 heavy (non-hydrogen) atoms. The van der Waals surface area contributed by atoms with Gasteiger partial charge in [0.1, 0.15) is 11.4 Å². The fraction of sp³-hybridized carbons (Fsp3) is 0.0870. The van der Waals surface area contributed by atoms with Crippen LogP contribution in [0.25, 0.3) is 22.0 Å². The third-order valence-corrected chi connectivity index (χ3v) is 4.48. The number of para-hydroxylation sites is 1. The molecule has 6 heteroatoms. The molecule has 0 bridgehead atoms. The number of carbonyl (C=O) groups is 1. The molecule has 1 heterocycles. The summed E-state index contributed by atoms with van der Waals surface area (Å²) in [5.74, 6) is 0.358. The van der Waals surface area contributed by atoms with Crippen molar-refractivity contribution in [3.63, 3.8) is 0 Å². The van der Waals surface area contributed by atoms with Crippen molar-refractivity contribution in [2.45, 2.75) is 6.92 Å². The van der Waals surface area contributed by atoms with E-state index in [2.05, 4.69) is 20.7 Å². The van der Waals surface area contributed by atoms with E-state index in [1.807, 2.05) is 73.7 Å². The highest BCUT2D eigenvalue weighted by molar-refractivity contribution is 6.00. The van der Waals surface area contributed by atoms with Gasteiger partial charge in [0.05, 0.1) is 18.5 Å². The average Bonchev–Trinajstić information content (AvgIpc) is 3.25. The summed E-state index contributed by atoms with van der Waals surface area (Å²) in [7, 11) is 0. The standard InChI is InChI=1S/C23H20N4O2/c1-2-29-22-13-6-5-12-19(22)20-14-21(26-25-20)23(28)27-24-15-17-10-7-9-16-8-3-4-11-18(16)17/h3-15H,2H2,1H3,(H,25,26)(H,27,28)/b24-15-. The maximum Gasteiger partial charge on any atom is 0.289 e. The maximum atomic E-state index is 12.4. The van der Waals surface area contributed by atoms with Crippen LogP contribution < -0.4 is 10.2 Å². The molecule has 4 rings (SSSR count). The van der Waals surface area contributed by atoms with E-state index in [0.717, 1.165) is 27.6 Å². The number of nitrogens with one attached hydrogen (secondary N) is 2. The van der Waals surface area contributed by atoms with Crippen molar-refractivity contribution < 1.29 is 9.53 Å². The summed E-state index contributed by atoms with van der Waals surface area (Å²) in [5.41, 5.74) is 5.25. The molecular formula is C23H20N4O2. The number of hydrogen-bond acceptors (Lipinski definition) is 4. The minimum Gasteiger partial charge on any atom is -0.493 e. The summed E-state index contributed by atoms with van der Waals surface area (Å²) in [6.45, 7) is 2.48. The second-order valence-electron chi connectivity index (χ2n) is 6.36. The molecule has 0 spiro atoms. The number of nitrogens with zero attached hydrogens (tertiary/aromatic N) is 2. The van der Waals surface area contributed by atoms with Crippen LogP contribution >= 0.6 is 0 Å². The van der Waals surface area contributed by atoms with E-state index in [1.54, 1.807) is 12.3 Å². The normalized spacial score (nSPS) is 11.1. The van der Waals surface area contributed by atoms with Crippen molar-refractivity contribution in [3.05, 3.63) is 84.1 Å². The summed E-state index contributed by atoms with van der Waals surface area (Å²) in [4.78, 5) is 12.4. The van der Waals surface area contributed by atoms with Crippen molar-refractivity contribution in [2.75, 3.05) is 6.61 Å². The van der Waals surface area contributed by atoms with Gasteiger partial charge in [0.2, 0.25) is 0 Å². The van der Waals surface area contributed by atoms with Crippen LogP contribution in [0.15, 0.2) is 77.9 Å². The lowest BCUT2D eigenvalue weighted by atomic mass is 10.1. The SMILES string of the molecule is CCOc1ccccc1-c1cc(C(=O)N/N=C\c2cccc3ccccc23)[nH]n1. The van der Waals surface area contributed by atoms with Gasteiger partial charge in [-0.3, -0.25) is 9.89 Å². The second-order valence-corrected chi connectivity index (χ2v) is 6.36. The van der Waals surface area contributed by atoms with Gasteiger partial charge in [-0.25, -0.2) is 5.43 Å². The minimum atomic E-state index is -0.367. The van der Waals surface area contributed by atoms with Crippen molar-refractivity contribution in [1.82, 2.24) is 15.6 Å². The number of H-pyrrole nitrogens is 1. The fourth-order valence-corrected chi connectivity index (χ4v) is 3.12.